The minimum Gasteiger partial charge on any atom is -0.292 e. The summed E-state index contributed by atoms with van der Waals surface area (Å²) in [5, 5.41) is 0. The maximum atomic E-state index is 12.6. The molecular weight excluding hydrogens is 335 g/mol. The number of nitrogens with two attached hydrogens (primary N) is 1. The second kappa shape index (κ2) is 7.31. The Hall–Kier alpha value is 0.830. The van der Waals surface area contributed by atoms with Crippen LogP contribution in [0.2, 0.25) is 0 Å². The van der Waals surface area contributed by atoms with Gasteiger partial charge in [-0.1, -0.05) is 0 Å². The van der Waals surface area contributed by atoms with Crippen LogP contribution < -0.4 is 11.3 Å². The Morgan fingerprint density at radius 2 is 1.31 bits per heavy atom. The van der Waals surface area contributed by atoms with Crippen molar-refractivity contribution in [3.8, 4) is 0 Å². The van der Waals surface area contributed by atoms with Crippen molar-refractivity contribution in [2.24, 2.45) is 5.84 Å². The molecule has 0 aromatic rings. The third kappa shape index (κ3) is 2.63. The van der Waals surface area contributed by atoms with Crippen molar-refractivity contribution in [3.63, 3.8) is 0 Å². The van der Waals surface area contributed by atoms with Crippen molar-refractivity contribution in [3.05, 3.63) is 0 Å². The van der Waals surface area contributed by atoms with Gasteiger partial charge in [-0.25, -0.2) is 5.84 Å². The Balaban J connectivity index is 5.52. The molecule has 3 N–H and O–H groups in total. The molecule has 0 bridgehead atoms. The largest absolute Gasteiger partial charge is 0.292 e. The molecule has 0 aromatic carbocycles. The molecule has 3 nitrogen and oxygen atoms in total. The van der Waals surface area contributed by atoms with E-state index < -0.39 is 74.1 Å². The normalized spacial score (nSPS) is 12.6. The van der Waals surface area contributed by atoms with Crippen LogP contribution >= 0.6 is 60.7 Å². The van der Waals surface area contributed by atoms with E-state index >= 15 is 0 Å². The van der Waals surface area contributed by atoms with Crippen LogP contribution in [0.1, 0.15) is 0 Å². The molecule has 0 aliphatic carbocycles. The third-order valence-corrected chi connectivity index (χ3v) is 6.59. The summed E-state index contributed by atoms with van der Waals surface area (Å²) >= 11 is -5.25. The molecule has 0 aromatic heterocycles. The lowest BCUT2D eigenvalue weighted by Gasteiger charge is -2.33. The first-order valence-electron chi connectivity index (χ1n) is 3.03. The molecule has 1 amide bonds. The van der Waals surface area contributed by atoms with Crippen LogP contribution in [0.5, 0.6) is 0 Å². The molecule has 0 rings (SSSR count). The topological polar surface area (TPSA) is 55.1 Å². The van der Waals surface area contributed by atoms with Gasteiger partial charge in [0, 0.05) is 0 Å². The van der Waals surface area contributed by atoms with Gasteiger partial charge in [0.15, 0.2) is 0 Å². The quantitative estimate of drug-likeness (QED) is 0.242. The molecule has 96 valence electrons. The molecule has 0 fully saturated rings. The summed E-state index contributed by atoms with van der Waals surface area (Å²) in [5.74, 6) is 3.01. The van der Waals surface area contributed by atoms with Gasteiger partial charge in [-0.15, -0.1) is 0 Å². The number of hydrogen-bond acceptors (Lipinski definition) is 7. The van der Waals surface area contributed by atoms with E-state index in [2.05, 4.69) is 5.84 Å². The maximum absolute atomic E-state index is 12.6. The van der Waals surface area contributed by atoms with E-state index in [1.165, 1.54) is 5.43 Å². The Morgan fingerprint density at radius 3 is 1.50 bits per heavy atom. The molecule has 0 aliphatic heterocycles. The number of amides is 1. The molecular formula is C3H3F5N2OS5. The number of hydrogen-bond donors (Lipinski definition) is 2. The monoisotopic (exact) mass is 338 g/mol. The van der Waals surface area contributed by atoms with Gasteiger partial charge < -0.3 is 0 Å². The second-order valence-corrected chi connectivity index (χ2v) is 6.90. The van der Waals surface area contributed by atoms with Crippen LogP contribution in [-0.2, 0) is 4.79 Å². The fraction of sp³-hybridized carbons (Fsp3) is 0.667. The van der Waals surface area contributed by atoms with E-state index in [0.717, 1.165) is 0 Å². The third-order valence-electron chi connectivity index (χ3n) is 1.36. The van der Waals surface area contributed by atoms with Gasteiger partial charge in [-0.2, -0.15) is 19.4 Å². The number of halogens is 5. The van der Waals surface area contributed by atoms with Crippen molar-refractivity contribution >= 4 is 66.6 Å². The average Bonchev–Trinajstić information content (AvgIpc) is 2.35. The molecule has 13 heteroatoms. The van der Waals surface area contributed by atoms with Gasteiger partial charge in [-0.3, -0.25) is 10.2 Å². The lowest BCUT2D eigenvalue weighted by molar-refractivity contribution is -0.121. The van der Waals surface area contributed by atoms with Crippen LogP contribution in [0.3, 0.4) is 0 Å². The SMILES string of the molecule is NNC(=O)C(SF)(SF)C(SF)(SF)SF. The van der Waals surface area contributed by atoms with Gasteiger partial charge in [0.05, 0.1) is 60.7 Å². The summed E-state index contributed by atoms with van der Waals surface area (Å²) in [7, 11) is 0. The van der Waals surface area contributed by atoms with E-state index in [1.54, 1.807) is 0 Å². The molecule has 0 radical (unpaired) electrons. The van der Waals surface area contributed by atoms with Gasteiger partial charge >= 0.3 is 0 Å². The predicted molar refractivity (Wildman–Crippen MR) is 61.3 cm³/mol. The van der Waals surface area contributed by atoms with E-state index in [9.17, 15) is 24.2 Å². The first-order valence-corrected chi connectivity index (χ1v) is 6.62. The minimum absolute atomic E-state index is 1.04. The molecule has 0 saturated heterocycles. The highest BCUT2D eigenvalue weighted by Crippen LogP contribution is 2.64. The Labute approximate surface area is 109 Å². The molecule has 16 heavy (non-hydrogen) atoms. The van der Waals surface area contributed by atoms with Crippen molar-refractivity contribution in [1.29, 1.82) is 0 Å². The Kier molecular flexibility index (Phi) is 7.68. The summed E-state index contributed by atoms with van der Waals surface area (Å²) in [6.07, 6.45) is 0. The molecule has 0 unspecified atom stereocenters. The summed E-state index contributed by atoms with van der Waals surface area (Å²) < 4.78 is 56.6. The van der Waals surface area contributed by atoms with Crippen molar-refractivity contribution in [2.45, 2.75) is 7.49 Å². The molecule has 0 atom stereocenters. The smallest absolute Gasteiger partial charge is 0.269 e. The van der Waals surface area contributed by atoms with Gasteiger partial charge in [0.1, 0.15) is 0 Å². The number of carbonyl (C=O) groups is 1. The van der Waals surface area contributed by atoms with Gasteiger partial charge in [-0.05, 0) is 0 Å². The van der Waals surface area contributed by atoms with E-state index in [0.29, 0.717) is 0 Å². The first kappa shape index (κ1) is 16.8. The highest BCUT2D eigenvalue weighted by molar-refractivity contribution is 8.33. The fourth-order valence-electron chi connectivity index (χ4n) is 0.599. The summed E-state index contributed by atoms with van der Waals surface area (Å²) in [5.41, 5.74) is 1.32. The van der Waals surface area contributed by atoms with Crippen molar-refractivity contribution in [2.75, 3.05) is 0 Å². The minimum atomic E-state index is -3.06. The zero-order chi connectivity index (χ0) is 12.8. The molecule has 0 saturated carbocycles. The number of carbonyl (C=O) groups excluding carboxylic acids is 1. The maximum Gasteiger partial charge on any atom is 0.269 e. The van der Waals surface area contributed by atoms with E-state index in [-0.39, 0.29) is 0 Å². The zero-order valence-electron chi connectivity index (χ0n) is 6.92. The number of nitrogens with one attached hydrogen (secondary N) is 1. The summed E-state index contributed by atoms with van der Waals surface area (Å²) in [6.45, 7) is 0. The Morgan fingerprint density at radius 1 is 0.938 bits per heavy atom. The summed E-state index contributed by atoms with van der Waals surface area (Å²) in [6, 6.07) is 0. The molecule has 0 aliphatic rings. The number of hydrazine groups is 1. The van der Waals surface area contributed by atoms with Crippen LogP contribution in [0.4, 0.5) is 19.4 Å². The number of rotatable bonds is 7. The molecule has 0 spiro atoms. The lowest BCUT2D eigenvalue weighted by atomic mass is 10.4. The average molecular weight is 338 g/mol. The zero-order valence-corrected chi connectivity index (χ0v) is 11.0. The van der Waals surface area contributed by atoms with Crippen LogP contribution in [-0.4, -0.2) is 13.4 Å². The Bertz CT molecular complexity index is 230. The first-order chi connectivity index (χ1) is 7.53. The van der Waals surface area contributed by atoms with Crippen molar-refractivity contribution < 1.29 is 24.2 Å². The van der Waals surface area contributed by atoms with Gasteiger partial charge in [0.2, 0.25) is 7.49 Å². The predicted octanol–water partition coefficient (Wildman–Crippen LogP) is 3.41. The lowest BCUT2D eigenvalue weighted by Crippen LogP contribution is -2.53. The van der Waals surface area contributed by atoms with Crippen LogP contribution in [0.15, 0.2) is 0 Å². The standard InChI is InChI=1S/C3H3F5N2OS5/c4-12-2(13-5,1(11)10-9)3(14-6,15-7)16-8/h9H2,(H,10,11). The van der Waals surface area contributed by atoms with E-state index in [1.807, 2.05) is 0 Å². The fourth-order valence-corrected chi connectivity index (χ4v) is 3.14. The van der Waals surface area contributed by atoms with Crippen molar-refractivity contribution in [1.82, 2.24) is 5.43 Å². The highest BCUT2D eigenvalue weighted by atomic mass is 32.3. The van der Waals surface area contributed by atoms with Crippen LogP contribution in [0.25, 0.3) is 0 Å². The second-order valence-electron chi connectivity index (χ2n) is 2.03. The van der Waals surface area contributed by atoms with Gasteiger partial charge in [0.25, 0.3) is 5.91 Å². The highest BCUT2D eigenvalue weighted by Gasteiger charge is 2.65. The molecule has 0 heterocycles. The van der Waals surface area contributed by atoms with E-state index in [4.69, 9.17) is 0 Å². The summed E-state index contributed by atoms with van der Waals surface area (Å²) in [4.78, 5) is 11.1. The van der Waals surface area contributed by atoms with Crippen LogP contribution in [0, 0.1) is 0 Å².